The van der Waals surface area contributed by atoms with Crippen molar-refractivity contribution in [2.75, 3.05) is 33.9 Å². The number of methoxy groups -OCH3 is 2. The Kier molecular flexibility index (Phi) is 11.9. The van der Waals surface area contributed by atoms with Crippen molar-refractivity contribution >= 4 is 17.6 Å². The highest BCUT2D eigenvalue weighted by Crippen LogP contribution is 2.37. The number of nitrogens with zero attached hydrogens (tertiary/aromatic N) is 1. The minimum atomic E-state index is -4.50. The third kappa shape index (κ3) is 9.04. The van der Waals surface area contributed by atoms with E-state index in [1.54, 1.807) is 39.0 Å². The SMILES string of the molecule is CC#C/C=C(CN(CC)C(=O)OC)\C(=C/C(C)C(F)(F)F)c1cc(CC(=O)OCC)ccc1OC. The predicted molar refractivity (Wildman–Crippen MR) is 128 cm³/mol. The van der Waals surface area contributed by atoms with Gasteiger partial charge in [-0.1, -0.05) is 25.0 Å². The van der Waals surface area contributed by atoms with Crippen LogP contribution in [0.15, 0.2) is 35.9 Å². The summed E-state index contributed by atoms with van der Waals surface area (Å²) in [5.41, 5.74) is 1.40. The van der Waals surface area contributed by atoms with Gasteiger partial charge in [-0.3, -0.25) is 4.79 Å². The first-order chi connectivity index (χ1) is 16.5. The number of likely N-dealkylation sites (N-methyl/N-ethyl adjacent to an activating group) is 1. The molecule has 0 aliphatic rings. The van der Waals surface area contributed by atoms with E-state index in [0.717, 1.165) is 13.0 Å². The Hall–Kier alpha value is -3.41. The van der Waals surface area contributed by atoms with E-state index in [0.29, 0.717) is 22.4 Å². The summed E-state index contributed by atoms with van der Waals surface area (Å²) in [6.07, 6.45) is -2.66. The lowest BCUT2D eigenvalue weighted by Gasteiger charge is -2.24. The Morgan fingerprint density at radius 3 is 2.40 bits per heavy atom. The molecule has 9 heteroatoms. The number of hydrogen-bond acceptors (Lipinski definition) is 5. The number of hydrogen-bond donors (Lipinski definition) is 0. The van der Waals surface area contributed by atoms with Gasteiger partial charge in [0.2, 0.25) is 0 Å². The molecule has 1 amide bonds. The van der Waals surface area contributed by atoms with E-state index in [1.807, 2.05) is 0 Å². The summed E-state index contributed by atoms with van der Waals surface area (Å²) in [4.78, 5) is 25.6. The van der Waals surface area contributed by atoms with Gasteiger partial charge in [-0.2, -0.15) is 13.2 Å². The topological polar surface area (TPSA) is 65.1 Å². The zero-order valence-corrected chi connectivity index (χ0v) is 20.9. The highest BCUT2D eigenvalue weighted by molar-refractivity contribution is 5.85. The van der Waals surface area contributed by atoms with Crippen molar-refractivity contribution in [3.8, 4) is 17.6 Å². The first kappa shape index (κ1) is 29.6. The minimum absolute atomic E-state index is 0.0560. The molecule has 6 nitrogen and oxygen atoms in total. The maximum atomic E-state index is 13.6. The second-order valence-electron chi connectivity index (χ2n) is 7.48. The highest BCUT2D eigenvalue weighted by Gasteiger charge is 2.35. The Morgan fingerprint density at radius 1 is 1.20 bits per heavy atom. The molecule has 0 saturated heterocycles. The van der Waals surface area contributed by atoms with Gasteiger partial charge in [-0.05, 0) is 55.7 Å². The van der Waals surface area contributed by atoms with Crippen LogP contribution in [0.4, 0.5) is 18.0 Å². The van der Waals surface area contributed by atoms with Gasteiger partial charge in [0.1, 0.15) is 5.75 Å². The van der Waals surface area contributed by atoms with Crippen LogP contribution in [0.1, 0.15) is 38.8 Å². The zero-order chi connectivity index (χ0) is 26.6. The normalized spacial score (nSPS) is 12.8. The average molecular weight is 496 g/mol. The lowest BCUT2D eigenvalue weighted by atomic mass is 9.91. The summed E-state index contributed by atoms with van der Waals surface area (Å²) in [6, 6.07) is 4.81. The van der Waals surface area contributed by atoms with Crippen molar-refractivity contribution in [3.63, 3.8) is 0 Å². The number of allylic oxidation sites excluding steroid dienone is 2. The number of benzene rings is 1. The zero-order valence-electron chi connectivity index (χ0n) is 20.9. The lowest BCUT2D eigenvalue weighted by molar-refractivity contribution is -0.156. The molecule has 1 aromatic rings. The molecule has 192 valence electrons. The number of esters is 1. The van der Waals surface area contributed by atoms with Crippen LogP contribution < -0.4 is 4.74 Å². The summed E-state index contributed by atoms with van der Waals surface area (Å²) in [5, 5.41) is 0. The van der Waals surface area contributed by atoms with Crippen LogP contribution in [0.25, 0.3) is 5.57 Å². The van der Waals surface area contributed by atoms with Gasteiger partial charge in [0.25, 0.3) is 0 Å². The molecule has 1 unspecified atom stereocenters. The Morgan fingerprint density at radius 2 is 1.89 bits per heavy atom. The average Bonchev–Trinajstić information content (AvgIpc) is 2.81. The van der Waals surface area contributed by atoms with E-state index in [-0.39, 0.29) is 31.7 Å². The fourth-order valence-corrected chi connectivity index (χ4v) is 3.18. The molecular formula is C26H32F3NO5. The Labute approximate surface area is 204 Å². The summed E-state index contributed by atoms with van der Waals surface area (Å²) in [5.74, 6) is 3.49. The van der Waals surface area contributed by atoms with Crippen molar-refractivity contribution in [2.24, 2.45) is 5.92 Å². The van der Waals surface area contributed by atoms with E-state index < -0.39 is 24.2 Å². The Balaban J connectivity index is 3.81. The van der Waals surface area contributed by atoms with Crippen LogP contribution in [0, 0.1) is 17.8 Å². The van der Waals surface area contributed by atoms with Crippen molar-refractivity contribution in [1.82, 2.24) is 4.90 Å². The van der Waals surface area contributed by atoms with Crippen LogP contribution in [-0.2, 0) is 20.7 Å². The van der Waals surface area contributed by atoms with Gasteiger partial charge < -0.3 is 19.1 Å². The van der Waals surface area contributed by atoms with Gasteiger partial charge in [-0.25, -0.2) is 4.79 Å². The number of rotatable bonds is 10. The monoisotopic (exact) mass is 495 g/mol. The van der Waals surface area contributed by atoms with Crippen LogP contribution in [0.5, 0.6) is 5.75 Å². The first-order valence-electron chi connectivity index (χ1n) is 11.1. The molecule has 0 aromatic heterocycles. The standard InChI is InChI=1S/C26H32F3NO5/c1-7-10-11-20(17-30(8-2)25(32)34-6)21(14-18(4)26(27,28)29)22-15-19(12-13-23(22)33-5)16-24(31)35-9-3/h11-15,18H,8-9,16-17H2,1-6H3/b20-11-,21-14+. The van der Waals surface area contributed by atoms with Crippen molar-refractivity contribution in [1.29, 1.82) is 0 Å². The molecule has 0 aliphatic carbocycles. The van der Waals surface area contributed by atoms with Gasteiger partial charge >= 0.3 is 18.2 Å². The fourth-order valence-electron chi connectivity index (χ4n) is 3.18. The highest BCUT2D eigenvalue weighted by atomic mass is 19.4. The third-order valence-electron chi connectivity index (χ3n) is 5.05. The second-order valence-corrected chi connectivity index (χ2v) is 7.48. The molecule has 0 saturated carbocycles. The van der Waals surface area contributed by atoms with Gasteiger partial charge in [0.15, 0.2) is 0 Å². The first-order valence-corrected chi connectivity index (χ1v) is 11.1. The molecule has 0 bridgehead atoms. The number of carbonyl (C=O) groups excluding carboxylic acids is 2. The number of ether oxygens (including phenoxy) is 3. The van der Waals surface area contributed by atoms with Crippen LogP contribution in [-0.4, -0.2) is 57.1 Å². The van der Waals surface area contributed by atoms with E-state index in [4.69, 9.17) is 14.2 Å². The number of alkyl halides is 3. The molecule has 0 heterocycles. The maximum Gasteiger partial charge on any atom is 0.409 e. The molecule has 0 fully saturated rings. The molecule has 35 heavy (non-hydrogen) atoms. The van der Waals surface area contributed by atoms with E-state index in [9.17, 15) is 22.8 Å². The number of carbonyl (C=O) groups is 2. The predicted octanol–water partition coefficient (Wildman–Crippen LogP) is 5.42. The molecule has 0 N–H and O–H groups in total. The molecule has 1 rings (SSSR count). The van der Waals surface area contributed by atoms with Crippen molar-refractivity contribution < 1.29 is 37.0 Å². The summed E-state index contributed by atoms with van der Waals surface area (Å²) < 4.78 is 56.1. The smallest absolute Gasteiger partial charge is 0.409 e. The number of halogens is 3. The largest absolute Gasteiger partial charge is 0.496 e. The summed E-state index contributed by atoms with van der Waals surface area (Å²) in [6.45, 7) is 6.44. The fraction of sp³-hybridized carbons (Fsp3) is 0.462. The lowest BCUT2D eigenvalue weighted by Crippen LogP contribution is -2.32. The van der Waals surface area contributed by atoms with Crippen LogP contribution in [0.2, 0.25) is 0 Å². The quantitative estimate of drug-likeness (QED) is 0.246. The molecular weight excluding hydrogens is 463 g/mol. The summed E-state index contributed by atoms with van der Waals surface area (Å²) in [7, 11) is 2.63. The van der Waals surface area contributed by atoms with Crippen molar-refractivity contribution in [3.05, 3.63) is 47.1 Å². The Bertz CT molecular complexity index is 1000. The molecule has 1 atom stereocenters. The van der Waals surface area contributed by atoms with E-state index in [1.165, 1.54) is 25.2 Å². The number of amides is 1. The van der Waals surface area contributed by atoms with Gasteiger partial charge in [-0.15, -0.1) is 5.92 Å². The minimum Gasteiger partial charge on any atom is -0.496 e. The van der Waals surface area contributed by atoms with Crippen LogP contribution >= 0.6 is 0 Å². The van der Waals surface area contributed by atoms with E-state index in [2.05, 4.69) is 11.8 Å². The third-order valence-corrected chi connectivity index (χ3v) is 5.05. The second kappa shape index (κ2) is 14.1. The van der Waals surface area contributed by atoms with Gasteiger partial charge in [0, 0.05) is 12.1 Å². The molecule has 1 aromatic carbocycles. The maximum absolute atomic E-state index is 13.6. The van der Waals surface area contributed by atoms with E-state index >= 15 is 0 Å². The summed E-state index contributed by atoms with van der Waals surface area (Å²) >= 11 is 0. The van der Waals surface area contributed by atoms with Crippen molar-refractivity contribution in [2.45, 2.75) is 40.3 Å². The molecule has 0 spiro atoms. The van der Waals surface area contributed by atoms with Gasteiger partial charge in [0.05, 0.1) is 39.7 Å². The van der Waals surface area contributed by atoms with Crippen LogP contribution in [0.3, 0.4) is 0 Å². The molecule has 0 aliphatic heterocycles. The molecule has 0 radical (unpaired) electrons.